The van der Waals surface area contributed by atoms with Gasteiger partial charge in [-0.15, -0.1) is 0 Å². The van der Waals surface area contributed by atoms with E-state index in [1.54, 1.807) is 39.1 Å². The molecular weight excluding hydrogens is 697 g/mol. The van der Waals surface area contributed by atoms with Gasteiger partial charge in [0, 0.05) is 31.5 Å². The lowest BCUT2D eigenvalue weighted by Crippen LogP contribution is -2.61. The van der Waals surface area contributed by atoms with E-state index in [1.807, 2.05) is 36.4 Å². The quantitative estimate of drug-likeness (QED) is 0.0959. The molecule has 12 nitrogen and oxygen atoms in total. The van der Waals surface area contributed by atoms with Gasteiger partial charge in [0.05, 0.1) is 13.2 Å². The molecule has 0 aromatic heterocycles. The summed E-state index contributed by atoms with van der Waals surface area (Å²) < 4.78 is 30.3. The number of likely N-dealkylation sites (N-methyl/N-ethyl adjacent to an activating group) is 1. The summed E-state index contributed by atoms with van der Waals surface area (Å²) in [4.78, 5) is 42.3. The van der Waals surface area contributed by atoms with Crippen molar-refractivity contribution in [2.45, 2.75) is 108 Å². The summed E-state index contributed by atoms with van der Waals surface area (Å²) >= 11 is 6.20. The molecule has 0 radical (unpaired) electrons. The standard InChI is InChI=1S/C37H53ClN3O9P/c1-4-48-51(47,49-5-2)34(44)37(46,21-19-32(42)41(3)24-20-27-13-8-6-9-14-27)40-33(43)31(25-28-15-10-7-11-16-28)39-35(45)50-36(22-23-36)29-17-12-18-30(38)26-29/h6,8-9,12-14,17-18,26,28,31,34,44,46H,4-5,7,10-11,15-16,19-25H2,1-3H3,(H,39,45)(H,40,43)/t31-,34?,37?/m0/s1. The summed E-state index contributed by atoms with van der Waals surface area (Å²) in [5.41, 5.74) is -1.72. The van der Waals surface area contributed by atoms with Gasteiger partial charge in [-0.2, -0.15) is 0 Å². The van der Waals surface area contributed by atoms with Crippen LogP contribution in [0.2, 0.25) is 5.02 Å². The molecule has 2 aliphatic rings. The second-order valence-corrected chi connectivity index (χ2v) is 16.1. The van der Waals surface area contributed by atoms with E-state index in [9.17, 15) is 29.2 Å². The largest absolute Gasteiger partial charge is 0.438 e. The van der Waals surface area contributed by atoms with Crippen LogP contribution < -0.4 is 10.6 Å². The normalized spacial score (nSPS) is 18.2. The fraction of sp³-hybridized carbons (Fsp3) is 0.595. The highest BCUT2D eigenvalue weighted by Gasteiger charge is 2.52. The van der Waals surface area contributed by atoms with Crippen LogP contribution in [0.4, 0.5) is 4.79 Å². The fourth-order valence-electron chi connectivity index (χ4n) is 6.58. The summed E-state index contributed by atoms with van der Waals surface area (Å²) in [6.07, 6.45) is 5.11. The Morgan fingerprint density at radius 2 is 1.71 bits per heavy atom. The maximum Gasteiger partial charge on any atom is 0.408 e. The monoisotopic (exact) mass is 749 g/mol. The van der Waals surface area contributed by atoms with Crippen LogP contribution in [0.5, 0.6) is 0 Å². The number of ether oxygens (including phenoxy) is 1. The molecule has 0 saturated heterocycles. The molecule has 2 unspecified atom stereocenters. The molecule has 2 aliphatic carbocycles. The molecule has 0 bridgehead atoms. The lowest BCUT2D eigenvalue weighted by molar-refractivity contribution is -0.143. The van der Waals surface area contributed by atoms with Gasteiger partial charge in [-0.25, -0.2) is 4.79 Å². The highest BCUT2D eigenvalue weighted by molar-refractivity contribution is 7.54. The molecule has 2 fully saturated rings. The highest BCUT2D eigenvalue weighted by Crippen LogP contribution is 2.55. The van der Waals surface area contributed by atoms with Crippen LogP contribution in [0, 0.1) is 5.92 Å². The molecule has 3 amide bonds. The Labute approximate surface area is 306 Å². The van der Waals surface area contributed by atoms with Crippen molar-refractivity contribution in [2.24, 2.45) is 5.92 Å². The molecular formula is C37H53ClN3O9P. The molecule has 0 heterocycles. The molecule has 2 aromatic rings. The molecule has 14 heteroatoms. The third-order valence-corrected chi connectivity index (χ3v) is 12.2. The summed E-state index contributed by atoms with van der Waals surface area (Å²) in [5.74, 6) is -3.36. The average molecular weight is 750 g/mol. The number of rotatable bonds is 19. The fourth-order valence-corrected chi connectivity index (χ4v) is 8.57. The number of hydrogen-bond donors (Lipinski definition) is 4. The van der Waals surface area contributed by atoms with Crippen molar-refractivity contribution in [2.75, 3.05) is 26.8 Å². The molecule has 4 N–H and O–H groups in total. The van der Waals surface area contributed by atoms with Crippen molar-refractivity contribution < 1.29 is 42.9 Å². The van der Waals surface area contributed by atoms with Gasteiger partial charge < -0.3 is 39.5 Å². The first-order chi connectivity index (χ1) is 24.3. The molecule has 2 saturated carbocycles. The van der Waals surface area contributed by atoms with Gasteiger partial charge in [0.2, 0.25) is 17.7 Å². The number of carbonyl (C=O) groups is 3. The molecule has 0 spiro atoms. The number of nitrogens with one attached hydrogen (secondary N) is 2. The first-order valence-electron chi connectivity index (χ1n) is 18.0. The third-order valence-electron chi connectivity index (χ3n) is 9.65. The average Bonchev–Trinajstić information content (AvgIpc) is 3.90. The van der Waals surface area contributed by atoms with Gasteiger partial charge in [-0.1, -0.05) is 86.2 Å². The lowest BCUT2D eigenvalue weighted by atomic mass is 9.84. The van der Waals surface area contributed by atoms with E-state index < -0.39 is 49.2 Å². The van der Waals surface area contributed by atoms with Crippen LogP contribution in [0.15, 0.2) is 54.6 Å². The van der Waals surface area contributed by atoms with Gasteiger partial charge >= 0.3 is 13.7 Å². The summed E-state index contributed by atoms with van der Waals surface area (Å²) in [6.45, 7) is 3.25. The molecule has 0 aliphatic heterocycles. The van der Waals surface area contributed by atoms with E-state index in [4.69, 9.17) is 25.4 Å². The number of halogens is 1. The Bertz CT molecular complexity index is 1500. The van der Waals surface area contributed by atoms with E-state index in [1.165, 1.54) is 4.90 Å². The second-order valence-electron chi connectivity index (χ2n) is 13.5. The molecule has 2 aromatic carbocycles. The van der Waals surface area contributed by atoms with Gasteiger partial charge in [0.15, 0.2) is 5.72 Å². The van der Waals surface area contributed by atoms with E-state index >= 15 is 0 Å². The second kappa shape index (κ2) is 18.7. The Balaban J connectivity index is 1.53. The number of aliphatic hydroxyl groups is 2. The van der Waals surface area contributed by atoms with Gasteiger partial charge in [-0.3, -0.25) is 14.2 Å². The zero-order valence-electron chi connectivity index (χ0n) is 29.9. The Kier molecular flexibility index (Phi) is 14.9. The Morgan fingerprint density at radius 1 is 1.04 bits per heavy atom. The van der Waals surface area contributed by atoms with Crippen LogP contribution in [0.3, 0.4) is 0 Å². The van der Waals surface area contributed by atoms with Crippen LogP contribution in [0.25, 0.3) is 0 Å². The number of amides is 3. The van der Waals surface area contributed by atoms with Crippen molar-refractivity contribution in [1.29, 1.82) is 0 Å². The summed E-state index contributed by atoms with van der Waals surface area (Å²) in [7, 11) is -2.81. The Hall–Kier alpha value is -2.99. The smallest absolute Gasteiger partial charge is 0.408 e. The molecule has 51 heavy (non-hydrogen) atoms. The van der Waals surface area contributed by atoms with Gasteiger partial charge in [0.1, 0.15) is 11.6 Å². The predicted molar refractivity (Wildman–Crippen MR) is 194 cm³/mol. The van der Waals surface area contributed by atoms with Crippen LogP contribution in [-0.2, 0) is 40.0 Å². The minimum atomic E-state index is -4.43. The maximum atomic E-state index is 14.1. The zero-order chi connectivity index (χ0) is 37.1. The van der Waals surface area contributed by atoms with Crippen molar-refractivity contribution in [3.05, 3.63) is 70.7 Å². The molecule has 3 atom stereocenters. The van der Waals surface area contributed by atoms with Crippen molar-refractivity contribution >= 4 is 37.1 Å². The van der Waals surface area contributed by atoms with Crippen molar-refractivity contribution in [3.63, 3.8) is 0 Å². The number of hydrogen-bond acceptors (Lipinski definition) is 9. The summed E-state index contributed by atoms with van der Waals surface area (Å²) in [6, 6.07) is 15.5. The van der Waals surface area contributed by atoms with Crippen molar-refractivity contribution in [3.8, 4) is 0 Å². The van der Waals surface area contributed by atoms with E-state index in [0.29, 0.717) is 30.8 Å². The topological polar surface area (TPSA) is 164 Å². The third kappa shape index (κ3) is 11.5. The van der Waals surface area contributed by atoms with Crippen LogP contribution >= 0.6 is 19.2 Å². The van der Waals surface area contributed by atoms with E-state index in [-0.39, 0.29) is 37.9 Å². The van der Waals surface area contributed by atoms with Crippen LogP contribution in [-0.4, -0.2) is 77.4 Å². The minimum Gasteiger partial charge on any atom is -0.438 e. The van der Waals surface area contributed by atoms with E-state index in [2.05, 4.69) is 10.6 Å². The highest BCUT2D eigenvalue weighted by atomic mass is 35.5. The number of benzene rings is 2. The van der Waals surface area contributed by atoms with Crippen LogP contribution in [0.1, 0.15) is 89.2 Å². The predicted octanol–water partition coefficient (Wildman–Crippen LogP) is 6.26. The van der Waals surface area contributed by atoms with Crippen molar-refractivity contribution in [1.82, 2.24) is 15.5 Å². The van der Waals surface area contributed by atoms with E-state index in [0.717, 1.165) is 43.2 Å². The SMILES string of the molecule is CCOP(=O)(OCC)C(O)C(O)(CCC(=O)N(C)CCc1ccccc1)NC(=O)[C@H](CC1CCCCC1)NC(=O)OC1(c2cccc(Cl)c2)CC1. The Morgan fingerprint density at radius 3 is 2.31 bits per heavy atom. The number of alkyl carbamates (subject to hydrolysis) is 1. The minimum absolute atomic E-state index is 0.105. The lowest BCUT2D eigenvalue weighted by Gasteiger charge is -2.38. The first kappa shape index (κ1) is 40.8. The molecule has 4 rings (SSSR count). The first-order valence-corrected chi connectivity index (χ1v) is 20.0. The molecule has 282 valence electrons. The summed E-state index contributed by atoms with van der Waals surface area (Å²) in [5, 5.41) is 29.1. The number of carbonyl (C=O) groups excluding carboxylic acids is 3. The zero-order valence-corrected chi connectivity index (χ0v) is 31.5. The van der Waals surface area contributed by atoms with Gasteiger partial charge in [-0.05, 0) is 68.7 Å². The maximum absolute atomic E-state index is 14.1. The van der Waals surface area contributed by atoms with Gasteiger partial charge in [0.25, 0.3) is 0 Å². The number of aliphatic hydroxyl groups excluding tert-OH is 1. The number of nitrogens with zero attached hydrogens (tertiary/aromatic N) is 1.